The van der Waals surface area contributed by atoms with Gasteiger partial charge in [0, 0.05) is 10.9 Å². The second-order valence-electron chi connectivity index (χ2n) is 4.60. The van der Waals surface area contributed by atoms with Gasteiger partial charge in [0.05, 0.1) is 10.6 Å². The number of hydrogen-bond donors (Lipinski definition) is 1. The molecule has 0 bridgehead atoms. The van der Waals surface area contributed by atoms with Gasteiger partial charge in [0.15, 0.2) is 5.76 Å². The topological polar surface area (TPSA) is 50.4 Å². The summed E-state index contributed by atoms with van der Waals surface area (Å²) < 4.78 is 5.74. The maximum Gasteiger partial charge on any atom is 0.336 e. The lowest BCUT2D eigenvalue weighted by Gasteiger charge is -2.02. The minimum Gasteiger partial charge on any atom is -0.478 e. The first-order chi connectivity index (χ1) is 9.58. The lowest BCUT2D eigenvalue weighted by Crippen LogP contribution is -1.98. The molecule has 1 N–H and O–H groups in total. The van der Waals surface area contributed by atoms with E-state index in [9.17, 15) is 9.90 Å². The third kappa shape index (κ3) is 1.96. The molecule has 0 radical (unpaired) electrons. The van der Waals surface area contributed by atoms with Crippen molar-refractivity contribution in [1.82, 2.24) is 0 Å². The van der Waals surface area contributed by atoms with Crippen LogP contribution in [0.5, 0.6) is 0 Å². The molecule has 20 heavy (non-hydrogen) atoms. The molecule has 0 atom stereocenters. The van der Waals surface area contributed by atoms with Crippen molar-refractivity contribution in [1.29, 1.82) is 0 Å². The number of benzene rings is 2. The number of carbonyl (C=O) groups is 1. The zero-order valence-corrected chi connectivity index (χ0v) is 11.4. The van der Waals surface area contributed by atoms with Gasteiger partial charge in [-0.15, -0.1) is 0 Å². The summed E-state index contributed by atoms with van der Waals surface area (Å²) in [6, 6.07) is 12.4. The van der Waals surface area contributed by atoms with Crippen molar-refractivity contribution in [3.8, 4) is 11.3 Å². The van der Waals surface area contributed by atoms with Gasteiger partial charge in [0.1, 0.15) is 5.58 Å². The summed E-state index contributed by atoms with van der Waals surface area (Å²) in [7, 11) is 0. The third-order valence-corrected chi connectivity index (χ3v) is 3.56. The van der Waals surface area contributed by atoms with Gasteiger partial charge in [0.25, 0.3) is 0 Å². The molecule has 0 unspecified atom stereocenters. The van der Waals surface area contributed by atoms with Gasteiger partial charge in [-0.1, -0.05) is 41.4 Å². The van der Waals surface area contributed by atoms with Crippen molar-refractivity contribution in [3.05, 3.63) is 58.6 Å². The molecule has 2 aromatic carbocycles. The highest BCUT2D eigenvalue weighted by Crippen LogP contribution is 2.39. The van der Waals surface area contributed by atoms with E-state index < -0.39 is 5.97 Å². The van der Waals surface area contributed by atoms with Gasteiger partial charge in [0.2, 0.25) is 0 Å². The lowest BCUT2D eigenvalue weighted by molar-refractivity contribution is 0.0697. The van der Waals surface area contributed by atoms with Crippen molar-refractivity contribution in [3.63, 3.8) is 0 Å². The Kier molecular flexibility index (Phi) is 2.99. The summed E-state index contributed by atoms with van der Waals surface area (Å²) >= 11 is 6.35. The summed E-state index contributed by atoms with van der Waals surface area (Å²) in [6.07, 6.45) is 0. The van der Waals surface area contributed by atoms with Crippen molar-refractivity contribution < 1.29 is 14.3 Å². The highest BCUT2D eigenvalue weighted by molar-refractivity contribution is 6.38. The van der Waals surface area contributed by atoms with Crippen LogP contribution in [0.1, 0.15) is 15.9 Å². The van der Waals surface area contributed by atoms with Crippen molar-refractivity contribution in [2.24, 2.45) is 0 Å². The summed E-state index contributed by atoms with van der Waals surface area (Å²) in [4.78, 5) is 11.3. The van der Waals surface area contributed by atoms with Crippen LogP contribution >= 0.6 is 11.6 Å². The second-order valence-corrected chi connectivity index (χ2v) is 4.97. The normalized spacial score (nSPS) is 10.9. The monoisotopic (exact) mass is 286 g/mol. The third-order valence-electron chi connectivity index (χ3n) is 3.19. The van der Waals surface area contributed by atoms with E-state index in [0.29, 0.717) is 21.9 Å². The van der Waals surface area contributed by atoms with Crippen molar-refractivity contribution in [2.75, 3.05) is 0 Å². The average molecular weight is 287 g/mol. The Morgan fingerprint density at radius 1 is 1.20 bits per heavy atom. The van der Waals surface area contributed by atoms with E-state index in [-0.39, 0.29) is 5.56 Å². The predicted octanol–water partition coefficient (Wildman–Crippen LogP) is 4.76. The molecular formula is C16H11ClO3. The number of carboxylic acid groups (broad SMARTS) is 1. The summed E-state index contributed by atoms with van der Waals surface area (Å²) in [5.41, 5.74) is 2.37. The zero-order chi connectivity index (χ0) is 14.3. The Bertz CT molecular complexity index is 818. The average Bonchev–Trinajstić information content (AvgIpc) is 2.76. The first-order valence-electron chi connectivity index (χ1n) is 6.09. The molecule has 3 aromatic rings. The number of aryl methyl sites for hydroxylation is 1. The number of carboxylic acids is 1. The standard InChI is InChI=1S/C16H11ClO3/c1-9-6-7-13-12(8-9)14(17)15(20-13)10-4-2-3-5-11(10)16(18)19/h2-8H,1H3,(H,18,19). The SMILES string of the molecule is Cc1ccc2oc(-c3ccccc3C(=O)O)c(Cl)c2c1. The van der Waals surface area contributed by atoms with Gasteiger partial charge in [-0.2, -0.15) is 0 Å². The predicted molar refractivity (Wildman–Crippen MR) is 78.4 cm³/mol. The Hall–Kier alpha value is -2.26. The Balaban J connectivity index is 2.30. The van der Waals surface area contributed by atoms with Gasteiger partial charge in [-0.3, -0.25) is 0 Å². The highest BCUT2D eigenvalue weighted by atomic mass is 35.5. The second kappa shape index (κ2) is 4.69. The van der Waals surface area contributed by atoms with Crippen molar-refractivity contribution >= 4 is 28.5 Å². The highest BCUT2D eigenvalue weighted by Gasteiger charge is 2.19. The summed E-state index contributed by atoms with van der Waals surface area (Å²) in [5, 5.41) is 10.5. The number of fused-ring (bicyclic) bond motifs is 1. The molecule has 0 amide bonds. The Morgan fingerprint density at radius 3 is 2.70 bits per heavy atom. The molecule has 0 aliphatic rings. The molecule has 0 aliphatic carbocycles. The summed E-state index contributed by atoms with van der Waals surface area (Å²) in [5.74, 6) is -0.612. The first-order valence-corrected chi connectivity index (χ1v) is 6.47. The van der Waals surface area contributed by atoms with E-state index in [4.69, 9.17) is 16.0 Å². The largest absolute Gasteiger partial charge is 0.478 e. The molecule has 0 aliphatic heterocycles. The molecule has 4 heteroatoms. The van der Waals surface area contributed by atoms with Crippen LogP contribution in [0.4, 0.5) is 0 Å². The van der Waals surface area contributed by atoms with Crippen LogP contribution in [-0.4, -0.2) is 11.1 Å². The van der Waals surface area contributed by atoms with Crippen LogP contribution < -0.4 is 0 Å². The molecule has 3 rings (SSSR count). The minimum atomic E-state index is -1.01. The van der Waals surface area contributed by atoms with Gasteiger partial charge in [-0.05, 0) is 25.1 Å². The van der Waals surface area contributed by atoms with Crippen LogP contribution in [0.3, 0.4) is 0 Å². The molecule has 1 aromatic heterocycles. The Labute approximate surface area is 120 Å². The molecule has 0 spiro atoms. The molecule has 0 fully saturated rings. The lowest BCUT2D eigenvalue weighted by atomic mass is 10.0. The van der Waals surface area contributed by atoms with Gasteiger partial charge < -0.3 is 9.52 Å². The van der Waals surface area contributed by atoms with Crippen LogP contribution in [0.2, 0.25) is 5.02 Å². The fourth-order valence-corrected chi connectivity index (χ4v) is 2.51. The van der Waals surface area contributed by atoms with E-state index >= 15 is 0 Å². The zero-order valence-electron chi connectivity index (χ0n) is 10.7. The van der Waals surface area contributed by atoms with Crippen LogP contribution in [0.25, 0.3) is 22.3 Å². The number of halogens is 1. The number of rotatable bonds is 2. The minimum absolute atomic E-state index is 0.171. The molecule has 0 saturated carbocycles. The van der Waals surface area contributed by atoms with Crippen LogP contribution in [0.15, 0.2) is 46.9 Å². The van der Waals surface area contributed by atoms with Crippen LogP contribution in [-0.2, 0) is 0 Å². The quantitative estimate of drug-likeness (QED) is 0.739. The van der Waals surface area contributed by atoms with E-state index in [2.05, 4.69) is 0 Å². The maximum atomic E-state index is 11.3. The number of furan rings is 1. The summed E-state index contributed by atoms with van der Waals surface area (Å²) in [6.45, 7) is 1.97. The molecule has 3 nitrogen and oxygen atoms in total. The molecule has 1 heterocycles. The smallest absolute Gasteiger partial charge is 0.336 e. The van der Waals surface area contributed by atoms with Gasteiger partial charge >= 0.3 is 5.97 Å². The van der Waals surface area contributed by atoms with E-state index in [1.54, 1.807) is 18.2 Å². The fourth-order valence-electron chi connectivity index (χ4n) is 2.22. The fraction of sp³-hybridized carbons (Fsp3) is 0.0625. The van der Waals surface area contributed by atoms with Gasteiger partial charge in [-0.25, -0.2) is 4.79 Å². The molecule has 0 saturated heterocycles. The van der Waals surface area contributed by atoms with E-state index in [1.165, 1.54) is 6.07 Å². The molecule has 100 valence electrons. The van der Waals surface area contributed by atoms with Crippen LogP contribution in [0, 0.1) is 6.92 Å². The van der Waals surface area contributed by atoms with Crippen molar-refractivity contribution in [2.45, 2.75) is 6.92 Å². The van der Waals surface area contributed by atoms with E-state index in [1.807, 2.05) is 25.1 Å². The number of hydrogen-bond acceptors (Lipinski definition) is 2. The maximum absolute atomic E-state index is 11.3. The first kappa shape index (κ1) is 12.8. The number of aromatic carboxylic acids is 1. The van der Waals surface area contributed by atoms with E-state index in [0.717, 1.165) is 10.9 Å². The molecular weight excluding hydrogens is 276 g/mol. The Morgan fingerprint density at radius 2 is 1.95 bits per heavy atom.